The second kappa shape index (κ2) is 6.82. The maximum atomic E-state index is 14.2. The van der Waals surface area contributed by atoms with E-state index in [0.29, 0.717) is 6.08 Å². The summed E-state index contributed by atoms with van der Waals surface area (Å²) in [4.78, 5) is 0. The number of alkyl halides is 13. The highest BCUT2D eigenvalue weighted by Gasteiger charge is 2.91. The Labute approximate surface area is 150 Å². The molecule has 0 aromatic rings. The number of allylic oxidation sites excluding steroid dienone is 2. The first-order valence-corrected chi connectivity index (χ1v) is 7.44. The Morgan fingerprint density at radius 2 is 1.00 bits per heavy atom. The van der Waals surface area contributed by atoms with Gasteiger partial charge in [0, 0.05) is 5.92 Å². The van der Waals surface area contributed by atoms with Gasteiger partial charge in [-0.05, 0) is 24.7 Å². The fourth-order valence-electron chi connectivity index (χ4n) is 3.00. The van der Waals surface area contributed by atoms with Gasteiger partial charge in [0.2, 0.25) is 0 Å². The second-order valence-electron chi connectivity index (χ2n) is 6.39. The van der Waals surface area contributed by atoms with Crippen LogP contribution in [-0.4, -0.2) is 35.8 Å². The minimum Gasteiger partial charge on any atom is -0.199 e. The predicted octanol–water partition coefficient (Wildman–Crippen LogP) is 6.74. The molecular formula is C15H13F13. The van der Waals surface area contributed by atoms with Crippen molar-refractivity contribution in [1.82, 2.24) is 0 Å². The third-order valence-electron chi connectivity index (χ3n) is 4.71. The van der Waals surface area contributed by atoms with E-state index in [1.807, 2.05) is 0 Å². The molecule has 0 aliphatic heterocycles. The van der Waals surface area contributed by atoms with E-state index in [9.17, 15) is 57.1 Å². The fraction of sp³-hybridized carbons (Fsp3) is 0.733. The van der Waals surface area contributed by atoms with Crippen molar-refractivity contribution >= 4 is 0 Å². The Kier molecular flexibility index (Phi) is 5.99. The van der Waals surface area contributed by atoms with Gasteiger partial charge in [0.05, 0.1) is 0 Å². The van der Waals surface area contributed by atoms with Crippen LogP contribution >= 0.6 is 0 Å². The summed E-state index contributed by atoms with van der Waals surface area (Å²) in [5, 5.41) is 0. The van der Waals surface area contributed by atoms with Crippen LogP contribution in [0.3, 0.4) is 0 Å². The van der Waals surface area contributed by atoms with Crippen LogP contribution in [0.4, 0.5) is 57.1 Å². The molecule has 0 N–H and O–H groups in total. The van der Waals surface area contributed by atoms with Gasteiger partial charge in [-0.15, -0.1) is 13.2 Å². The Morgan fingerprint density at radius 3 is 1.36 bits per heavy atom. The van der Waals surface area contributed by atoms with Crippen LogP contribution in [0.25, 0.3) is 0 Å². The maximum absolute atomic E-state index is 14.2. The van der Waals surface area contributed by atoms with E-state index in [2.05, 4.69) is 13.2 Å². The lowest BCUT2D eigenvalue weighted by Crippen LogP contribution is -2.71. The van der Waals surface area contributed by atoms with Gasteiger partial charge in [-0.3, -0.25) is 0 Å². The van der Waals surface area contributed by atoms with E-state index >= 15 is 0 Å². The van der Waals surface area contributed by atoms with Gasteiger partial charge < -0.3 is 0 Å². The zero-order chi connectivity index (χ0) is 22.6. The lowest BCUT2D eigenvalue weighted by atomic mass is 9.82. The summed E-state index contributed by atoms with van der Waals surface area (Å²) in [6.45, 7) is 6.20. The number of hydrogen-bond acceptors (Lipinski definition) is 0. The molecule has 164 valence electrons. The normalized spacial score (nSPS) is 25.7. The van der Waals surface area contributed by atoms with Crippen LogP contribution in [0.5, 0.6) is 0 Å². The predicted molar refractivity (Wildman–Crippen MR) is 70.9 cm³/mol. The Bertz CT molecular complexity index is 602. The molecule has 13 heteroatoms. The Morgan fingerprint density at radius 1 is 0.571 bits per heavy atom. The minimum absolute atomic E-state index is 0.357. The molecule has 3 atom stereocenters. The molecule has 0 spiro atoms. The van der Waals surface area contributed by atoms with Crippen molar-refractivity contribution in [2.45, 2.75) is 48.6 Å². The van der Waals surface area contributed by atoms with E-state index in [-0.39, 0.29) is 6.42 Å². The summed E-state index contributed by atoms with van der Waals surface area (Å²) in [7, 11) is 0. The van der Waals surface area contributed by atoms with Crippen molar-refractivity contribution in [3.8, 4) is 0 Å². The average molecular weight is 440 g/mol. The van der Waals surface area contributed by atoms with Crippen molar-refractivity contribution in [3.63, 3.8) is 0 Å². The van der Waals surface area contributed by atoms with Crippen LogP contribution in [0, 0.1) is 17.8 Å². The van der Waals surface area contributed by atoms with Crippen molar-refractivity contribution in [3.05, 3.63) is 25.3 Å². The molecule has 0 heterocycles. The molecule has 0 bridgehead atoms. The van der Waals surface area contributed by atoms with Crippen molar-refractivity contribution < 1.29 is 57.1 Å². The topological polar surface area (TPSA) is 0 Å². The summed E-state index contributed by atoms with van der Waals surface area (Å²) in [5.41, 5.74) is 0. The number of halogens is 13. The Balaban J connectivity index is 3.49. The zero-order valence-corrected chi connectivity index (χ0v) is 13.6. The smallest absolute Gasteiger partial charge is 0.199 e. The monoisotopic (exact) mass is 440 g/mol. The third kappa shape index (κ3) is 3.17. The number of rotatable bonds is 7. The molecule has 1 fully saturated rings. The highest BCUT2D eigenvalue weighted by atomic mass is 19.4. The molecule has 0 radical (unpaired) electrons. The molecule has 0 aromatic carbocycles. The molecule has 0 saturated heterocycles. The van der Waals surface area contributed by atoms with Gasteiger partial charge in [-0.2, -0.15) is 57.1 Å². The van der Waals surface area contributed by atoms with E-state index in [4.69, 9.17) is 0 Å². The van der Waals surface area contributed by atoms with Gasteiger partial charge >= 0.3 is 35.8 Å². The van der Waals surface area contributed by atoms with Gasteiger partial charge in [0.25, 0.3) is 0 Å². The van der Waals surface area contributed by atoms with Gasteiger partial charge in [-0.1, -0.05) is 12.2 Å². The third-order valence-corrected chi connectivity index (χ3v) is 4.71. The van der Waals surface area contributed by atoms with E-state index in [1.165, 1.54) is 0 Å². The molecule has 1 aliphatic carbocycles. The van der Waals surface area contributed by atoms with Crippen molar-refractivity contribution in [1.29, 1.82) is 0 Å². The van der Waals surface area contributed by atoms with E-state index in [0.717, 1.165) is 6.08 Å². The molecule has 0 aromatic heterocycles. The second-order valence-corrected chi connectivity index (χ2v) is 6.39. The van der Waals surface area contributed by atoms with E-state index in [1.54, 1.807) is 0 Å². The summed E-state index contributed by atoms with van der Waals surface area (Å²) in [6.07, 6.45) is -7.09. The van der Waals surface area contributed by atoms with E-state index < -0.39 is 60.0 Å². The first-order chi connectivity index (χ1) is 12.2. The Hall–Kier alpha value is -1.43. The van der Waals surface area contributed by atoms with Crippen molar-refractivity contribution in [2.24, 2.45) is 17.8 Å². The quantitative estimate of drug-likeness (QED) is 0.304. The molecule has 0 amide bonds. The summed E-state index contributed by atoms with van der Waals surface area (Å²) in [5.74, 6) is -42.0. The van der Waals surface area contributed by atoms with Crippen LogP contribution < -0.4 is 0 Å². The largest absolute Gasteiger partial charge is 0.460 e. The first kappa shape index (κ1) is 24.6. The maximum Gasteiger partial charge on any atom is 0.460 e. The lowest BCUT2D eigenvalue weighted by molar-refractivity contribution is -0.443. The van der Waals surface area contributed by atoms with Gasteiger partial charge in [0.1, 0.15) is 0 Å². The molecule has 1 rings (SSSR count). The van der Waals surface area contributed by atoms with Crippen LogP contribution in [0.15, 0.2) is 25.3 Å². The standard InChI is InChI=1S/C15H13F13/c1-3-7-5-8(4-2)9(6-7)10(16,17)11(18,19)12(20,21)13(22,23)14(24,25)15(26,27)28/h3-4,7-9H,1-2,5-6H2. The number of hydrogen-bond donors (Lipinski definition) is 0. The molecular weight excluding hydrogens is 427 g/mol. The first-order valence-electron chi connectivity index (χ1n) is 7.44. The molecule has 28 heavy (non-hydrogen) atoms. The lowest BCUT2D eigenvalue weighted by Gasteiger charge is -2.42. The molecule has 3 unspecified atom stereocenters. The molecule has 1 aliphatic rings. The summed E-state index contributed by atoms with van der Waals surface area (Å²) >= 11 is 0. The highest BCUT2D eigenvalue weighted by molar-refractivity contribution is 5.14. The molecule has 1 saturated carbocycles. The SMILES string of the molecule is C=CC1CC(C=C)C(C(F)(F)C(F)(F)C(F)(F)C(F)(F)C(F)(F)C(F)(F)F)C1. The van der Waals surface area contributed by atoms with Crippen LogP contribution in [-0.2, 0) is 0 Å². The molecule has 0 nitrogen and oxygen atoms in total. The summed E-state index contributed by atoms with van der Waals surface area (Å²) in [6, 6.07) is 0. The zero-order valence-electron chi connectivity index (χ0n) is 13.6. The fourth-order valence-corrected chi connectivity index (χ4v) is 3.00. The van der Waals surface area contributed by atoms with Gasteiger partial charge in [0.15, 0.2) is 0 Å². The van der Waals surface area contributed by atoms with Crippen molar-refractivity contribution in [2.75, 3.05) is 0 Å². The summed E-state index contributed by atoms with van der Waals surface area (Å²) < 4.78 is 171. The van der Waals surface area contributed by atoms with Gasteiger partial charge in [-0.25, -0.2) is 0 Å². The highest BCUT2D eigenvalue weighted by Crippen LogP contribution is 2.63. The average Bonchev–Trinajstić information content (AvgIpc) is 2.97. The van der Waals surface area contributed by atoms with Crippen LogP contribution in [0.2, 0.25) is 0 Å². The van der Waals surface area contributed by atoms with Crippen LogP contribution in [0.1, 0.15) is 12.8 Å². The minimum atomic E-state index is -7.87.